The van der Waals surface area contributed by atoms with Crippen molar-refractivity contribution in [2.24, 2.45) is 0 Å². The zero-order valence-electron chi connectivity index (χ0n) is 18.6. The third kappa shape index (κ3) is 4.21. The predicted octanol–water partition coefficient (Wildman–Crippen LogP) is 6.22. The minimum atomic E-state index is -0.152. The molecule has 1 N–H and O–H groups in total. The molecule has 0 amide bonds. The van der Waals surface area contributed by atoms with Crippen molar-refractivity contribution in [1.29, 1.82) is 0 Å². The van der Waals surface area contributed by atoms with Crippen LogP contribution in [-0.4, -0.2) is 35.7 Å². The Kier molecular flexibility index (Phi) is 6.04. The van der Waals surface area contributed by atoms with Gasteiger partial charge in [-0.3, -0.25) is 0 Å². The van der Waals surface area contributed by atoms with Crippen LogP contribution in [0.25, 0.3) is 22.2 Å². The Labute approximate surface area is 202 Å². The molecule has 0 radical (unpaired) electrons. The van der Waals surface area contributed by atoms with Crippen molar-refractivity contribution >= 4 is 40.2 Å². The summed E-state index contributed by atoms with van der Waals surface area (Å²) in [4.78, 5) is 7.42. The summed E-state index contributed by atoms with van der Waals surface area (Å²) in [5.74, 6) is 0.738. The largest absolute Gasteiger partial charge is 0.340 e. The van der Waals surface area contributed by atoms with Crippen molar-refractivity contribution in [3.8, 4) is 11.1 Å². The van der Waals surface area contributed by atoms with Gasteiger partial charge < -0.3 is 14.8 Å². The number of benzene rings is 3. The standard InChI is InChI=1S/C26H25Cl2FN4/c1-16-11-18(12-17(2)24(16)29)15-33-23-14-19(27)13-21(20-5-3-4-6-22(20)28)25(23)31-26(33)32-9-7-30-8-10-32/h3-6,11-14,30H,7-10,15H2,1-2H3. The van der Waals surface area contributed by atoms with Gasteiger partial charge in [0.05, 0.1) is 17.6 Å². The molecule has 33 heavy (non-hydrogen) atoms. The Balaban J connectivity index is 1.73. The van der Waals surface area contributed by atoms with Crippen LogP contribution in [0.2, 0.25) is 10.0 Å². The first-order valence-electron chi connectivity index (χ1n) is 11.1. The van der Waals surface area contributed by atoms with Crippen LogP contribution in [-0.2, 0) is 6.54 Å². The number of aromatic nitrogens is 2. The first-order valence-corrected chi connectivity index (χ1v) is 11.8. The second-order valence-electron chi connectivity index (χ2n) is 8.58. The van der Waals surface area contributed by atoms with Crippen LogP contribution < -0.4 is 10.2 Å². The molecular weight excluding hydrogens is 458 g/mol. The summed E-state index contributed by atoms with van der Waals surface area (Å²) >= 11 is 13.2. The summed E-state index contributed by atoms with van der Waals surface area (Å²) in [5.41, 5.74) is 5.92. The van der Waals surface area contributed by atoms with E-state index in [1.165, 1.54) is 0 Å². The van der Waals surface area contributed by atoms with Gasteiger partial charge in [0.1, 0.15) is 5.82 Å². The summed E-state index contributed by atoms with van der Waals surface area (Å²) < 4.78 is 16.5. The third-order valence-corrected chi connectivity index (χ3v) is 6.75. The average molecular weight is 483 g/mol. The highest BCUT2D eigenvalue weighted by Gasteiger charge is 2.22. The fourth-order valence-electron chi connectivity index (χ4n) is 4.63. The number of imidazole rings is 1. The van der Waals surface area contributed by atoms with Crippen molar-refractivity contribution < 1.29 is 4.39 Å². The molecule has 0 aliphatic carbocycles. The van der Waals surface area contributed by atoms with Crippen LogP contribution >= 0.6 is 23.2 Å². The van der Waals surface area contributed by atoms with E-state index in [-0.39, 0.29) is 5.82 Å². The van der Waals surface area contributed by atoms with Crippen LogP contribution in [0.3, 0.4) is 0 Å². The van der Waals surface area contributed by atoms with E-state index in [0.717, 1.165) is 59.9 Å². The second-order valence-corrected chi connectivity index (χ2v) is 9.42. The topological polar surface area (TPSA) is 33.1 Å². The SMILES string of the molecule is Cc1cc(Cn2c(N3CCNCC3)nc3c(-c4ccccc4Cl)cc(Cl)cc32)cc(C)c1F. The van der Waals surface area contributed by atoms with Gasteiger partial charge >= 0.3 is 0 Å². The lowest BCUT2D eigenvalue weighted by molar-refractivity contribution is 0.571. The zero-order chi connectivity index (χ0) is 23.1. The lowest BCUT2D eigenvalue weighted by Crippen LogP contribution is -2.44. The highest BCUT2D eigenvalue weighted by molar-refractivity contribution is 6.34. The molecule has 1 fully saturated rings. The normalized spacial score (nSPS) is 14.3. The quantitative estimate of drug-likeness (QED) is 0.374. The molecule has 1 saturated heterocycles. The summed E-state index contributed by atoms with van der Waals surface area (Å²) in [7, 11) is 0. The van der Waals surface area contributed by atoms with Crippen LogP contribution in [0.4, 0.5) is 10.3 Å². The zero-order valence-corrected chi connectivity index (χ0v) is 20.1. The van der Waals surface area contributed by atoms with Crippen LogP contribution in [0.5, 0.6) is 0 Å². The Bertz CT molecular complexity index is 1320. The van der Waals surface area contributed by atoms with E-state index < -0.39 is 0 Å². The van der Waals surface area contributed by atoms with E-state index in [0.29, 0.717) is 27.7 Å². The number of fused-ring (bicyclic) bond motifs is 1. The van der Waals surface area contributed by atoms with Gasteiger partial charge in [0.15, 0.2) is 0 Å². The summed E-state index contributed by atoms with van der Waals surface area (Å²) in [6, 6.07) is 15.5. The first-order chi connectivity index (χ1) is 15.9. The lowest BCUT2D eigenvalue weighted by atomic mass is 10.0. The molecule has 0 saturated carbocycles. The number of hydrogen-bond acceptors (Lipinski definition) is 3. The van der Waals surface area contributed by atoms with E-state index in [4.69, 9.17) is 28.2 Å². The summed E-state index contributed by atoms with van der Waals surface area (Å²) in [6.07, 6.45) is 0. The lowest BCUT2D eigenvalue weighted by Gasteiger charge is -2.29. The molecule has 5 rings (SSSR count). The number of halogens is 3. The summed E-state index contributed by atoms with van der Waals surface area (Å²) in [6.45, 7) is 7.70. The van der Waals surface area contributed by atoms with E-state index >= 15 is 0 Å². The van der Waals surface area contributed by atoms with Gasteiger partial charge in [-0.2, -0.15) is 0 Å². The minimum absolute atomic E-state index is 0.152. The molecule has 1 aromatic heterocycles. The van der Waals surface area contributed by atoms with Gasteiger partial charge in [-0.05, 0) is 48.7 Å². The molecule has 4 nitrogen and oxygen atoms in total. The van der Waals surface area contributed by atoms with Gasteiger partial charge in [0.25, 0.3) is 0 Å². The first kappa shape index (κ1) is 22.2. The number of hydrogen-bond donors (Lipinski definition) is 1. The van der Waals surface area contributed by atoms with E-state index in [9.17, 15) is 4.39 Å². The highest BCUT2D eigenvalue weighted by atomic mass is 35.5. The molecule has 4 aromatic rings. The third-order valence-electron chi connectivity index (χ3n) is 6.20. The summed E-state index contributed by atoms with van der Waals surface area (Å²) in [5, 5.41) is 4.68. The molecule has 170 valence electrons. The van der Waals surface area contributed by atoms with Gasteiger partial charge in [-0.1, -0.05) is 53.5 Å². The molecule has 0 atom stereocenters. The molecular formula is C26H25Cl2FN4. The molecule has 1 aliphatic rings. The molecule has 0 unspecified atom stereocenters. The average Bonchev–Trinajstić information content (AvgIpc) is 3.16. The van der Waals surface area contributed by atoms with E-state index in [2.05, 4.69) is 14.8 Å². The number of nitrogens with zero attached hydrogens (tertiary/aromatic N) is 3. The fourth-order valence-corrected chi connectivity index (χ4v) is 5.08. The molecule has 0 spiro atoms. The minimum Gasteiger partial charge on any atom is -0.340 e. The monoisotopic (exact) mass is 482 g/mol. The second kappa shape index (κ2) is 8.98. The van der Waals surface area contributed by atoms with Gasteiger partial charge in [-0.25, -0.2) is 9.37 Å². The van der Waals surface area contributed by atoms with Crippen molar-refractivity contribution in [3.05, 3.63) is 81.1 Å². The molecule has 3 aromatic carbocycles. The van der Waals surface area contributed by atoms with Crippen LogP contribution in [0.15, 0.2) is 48.5 Å². The van der Waals surface area contributed by atoms with Crippen molar-refractivity contribution in [3.63, 3.8) is 0 Å². The Morgan fingerprint density at radius 3 is 2.36 bits per heavy atom. The van der Waals surface area contributed by atoms with Crippen LogP contribution in [0, 0.1) is 19.7 Å². The maximum Gasteiger partial charge on any atom is 0.206 e. The van der Waals surface area contributed by atoms with Crippen molar-refractivity contribution in [2.45, 2.75) is 20.4 Å². The molecule has 0 bridgehead atoms. The van der Waals surface area contributed by atoms with Crippen LogP contribution in [0.1, 0.15) is 16.7 Å². The van der Waals surface area contributed by atoms with Crippen molar-refractivity contribution in [2.75, 3.05) is 31.1 Å². The molecule has 1 aliphatic heterocycles. The Morgan fingerprint density at radius 2 is 1.67 bits per heavy atom. The van der Waals surface area contributed by atoms with Gasteiger partial charge in [0, 0.05) is 47.4 Å². The predicted molar refractivity (Wildman–Crippen MR) is 135 cm³/mol. The Hall–Kier alpha value is -2.60. The number of piperazine rings is 1. The van der Waals surface area contributed by atoms with Crippen molar-refractivity contribution in [1.82, 2.24) is 14.9 Å². The van der Waals surface area contributed by atoms with E-state index in [1.807, 2.05) is 48.5 Å². The fraction of sp³-hybridized carbons (Fsp3) is 0.269. The van der Waals surface area contributed by atoms with Gasteiger partial charge in [-0.15, -0.1) is 0 Å². The van der Waals surface area contributed by atoms with E-state index in [1.54, 1.807) is 13.8 Å². The Morgan fingerprint density at radius 1 is 0.970 bits per heavy atom. The molecule has 2 heterocycles. The number of anilines is 1. The molecule has 7 heteroatoms. The maximum atomic E-state index is 14.3. The van der Waals surface area contributed by atoms with Gasteiger partial charge in [0.2, 0.25) is 5.95 Å². The highest BCUT2D eigenvalue weighted by Crippen LogP contribution is 2.38. The number of rotatable bonds is 4. The number of aryl methyl sites for hydroxylation is 2. The smallest absolute Gasteiger partial charge is 0.206 e. The maximum absolute atomic E-state index is 14.3. The number of nitrogens with one attached hydrogen (secondary N) is 1.